The van der Waals surface area contributed by atoms with Crippen LogP contribution in [0.15, 0.2) is 23.6 Å². The summed E-state index contributed by atoms with van der Waals surface area (Å²) >= 11 is 9.32. The van der Waals surface area contributed by atoms with Crippen LogP contribution >= 0.6 is 34.3 Å². The molecule has 0 bridgehead atoms. The molecule has 0 fully saturated rings. The smallest absolute Gasteiger partial charge is 0.0931 e. The van der Waals surface area contributed by atoms with E-state index in [1.807, 2.05) is 6.07 Å². The number of hydrogen-bond acceptors (Lipinski definition) is 4. The number of halogens is 1. The molecule has 2 heterocycles. The molecule has 2 aromatic rings. The van der Waals surface area contributed by atoms with Gasteiger partial charge in [0, 0.05) is 16.2 Å². The fourth-order valence-electron chi connectivity index (χ4n) is 1.84. The van der Waals surface area contributed by atoms with E-state index >= 15 is 0 Å². The molecular weight excluding hydrogens is 272 g/mol. The van der Waals surface area contributed by atoms with Gasteiger partial charge >= 0.3 is 0 Å². The molecule has 1 atom stereocenters. The molecular formula is C12H15ClN2S2. The van der Waals surface area contributed by atoms with Crippen LogP contribution in [0.4, 0.5) is 0 Å². The number of hydrazine groups is 1. The summed E-state index contributed by atoms with van der Waals surface area (Å²) in [5.41, 5.74) is 4.29. The van der Waals surface area contributed by atoms with E-state index in [2.05, 4.69) is 29.9 Å². The minimum absolute atomic E-state index is 0.180. The maximum Gasteiger partial charge on any atom is 0.0931 e. The Labute approximate surface area is 114 Å². The molecule has 0 aliphatic carbocycles. The molecule has 92 valence electrons. The van der Waals surface area contributed by atoms with Crippen molar-refractivity contribution in [1.82, 2.24) is 5.43 Å². The average molecular weight is 287 g/mol. The van der Waals surface area contributed by atoms with E-state index in [0.717, 1.165) is 17.2 Å². The van der Waals surface area contributed by atoms with Gasteiger partial charge in [0.2, 0.25) is 0 Å². The van der Waals surface area contributed by atoms with Crippen molar-refractivity contribution in [2.24, 2.45) is 5.84 Å². The van der Waals surface area contributed by atoms with E-state index in [0.29, 0.717) is 0 Å². The van der Waals surface area contributed by atoms with E-state index in [4.69, 9.17) is 17.4 Å². The Hall–Kier alpha value is -0.390. The maximum absolute atomic E-state index is 5.94. The van der Waals surface area contributed by atoms with E-state index in [1.54, 1.807) is 22.7 Å². The van der Waals surface area contributed by atoms with Gasteiger partial charge in [-0.1, -0.05) is 18.5 Å². The van der Waals surface area contributed by atoms with Gasteiger partial charge in [-0.05, 0) is 35.6 Å². The van der Waals surface area contributed by atoms with Crippen molar-refractivity contribution < 1.29 is 0 Å². The second kappa shape index (κ2) is 5.98. The highest BCUT2D eigenvalue weighted by Crippen LogP contribution is 2.30. The zero-order chi connectivity index (χ0) is 12.3. The Kier molecular flexibility index (Phi) is 4.59. The number of nitrogens with two attached hydrogens (primary N) is 1. The van der Waals surface area contributed by atoms with Gasteiger partial charge in [-0.3, -0.25) is 11.3 Å². The molecule has 2 aromatic heterocycles. The lowest BCUT2D eigenvalue weighted by molar-refractivity contribution is 0.561. The zero-order valence-electron chi connectivity index (χ0n) is 9.57. The molecule has 0 aliphatic heterocycles. The summed E-state index contributed by atoms with van der Waals surface area (Å²) in [7, 11) is 0. The fourth-order valence-corrected chi connectivity index (χ4v) is 4.03. The van der Waals surface area contributed by atoms with Crippen LogP contribution in [0.1, 0.15) is 28.3 Å². The summed E-state index contributed by atoms with van der Waals surface area (Å²) in [5, 5.41) is 2.12. The number of rotatable bonds is 5. The van der Waals surface area contributed by atoms with Crippen LogP contribution in [-0.4, -0.2) is 0 Å². The number of nitrogens with one attached hydrogen (secondary N) is 1. The molecule has 0 aromatic carbocycles. The number of aryl methyl sites for hydroxylation is 1. The molecule has 0 amide bonds. The maximum atomic E-state index is 5.94. The van der Waals surface area contributed by atoms with Gasteiger partial charge in [0.25, 0.3) is 0 Å². The number of thiophene rings is 2. The third-order valence-corrected chi connectivity index (χ3v) is 5.04. The SMILES string of the molecule is CCc1ccsc1C(Cc1ccc(Cl)s1)NN. The van der Waals surface area contributed by atoms with Crippen LogP contribution in [0.3, 0.4) is 0 Å². The quantitative estimate of drug-likeness (QED) is 0.648. The number of hydrogen-bond donors (Lipinski definition) is 2. The second-order valence-electron chi connectivity index (χ2n) is 3.79. The minimum Gasteiger partial charge on any atom is -0.271 e. The van der Waals surface area contributed by atoms with Crippen LogP contribution in [0.5, 0.6) is 0 Å². The first-order chi connectivity index (χ1) is 8.24. The Morgan fingerprint density at radius 3 is 2.82 bits per heavy atom. The van der Waals surface area contributed by atoms with Gasteiger partial charge in [0.15, 0.2) is 0 Å². The van der Waals surface area contributed by atoms with Crippen LogP contribution in [0.2, 0.25) is 4.34 Å². The highest BCUT2D eigenvalue weighted by molar-refractivity contribution is 7.16. The van der Waals surface area contributed by atoms with Gasteiger partial charge in [0.05, 0.1) is 10.4 Å². The van der Waals surface area contributed by atoms with Gasteiger partial charge in [-0.25, -0.2) is 0 Å². The summed E-state index contributed by atoms with van der Waals surface area (Å²) in [6, 6.07) is 6.35. The predicted molar refractivity (Wildman–Crippen MR) is 76.8 cm³/mol. The van der Waals surface area contributed by atoms with Gasteiger partial charge < -0.3 is 0 Å². The normalized spacial score (nSPS) is 12.9. The molecule has 3 N–H and O–H groups in total. The molecule has 17 heavy (non-hydrogen) atoms. The van der Waals surface area contributed by atoms with E-state index in [-0.39, 0.29) is 6.04 Å². The van der Waals surface area contributed by atoms with Crippen molar-refractivity contribution in [3.8, 4) is 0 Å². The zero-order valence-corrected chi connectivity index (χ0v) is 12.0. The Morgan fingerprint density at radius 1 is 1.41 bits per heavy atom. The Balaban J connectivity index is 2.16. The molecule has 0 spiro atoms. The van der Waals surface area contributed by atoms with Crippen molar-refractivity contribution in [3.05, 3.63) is 43.2 Å². The first kappa shape index (κ1) is 13.1. The third kappa shape index (κ3) is 3.09. The first-order valence-electron chi connectivity index (χ1n) is 5.51. The Bertz CT molecular complexity index is 478. The van der Waals surface area contributed by atoms with Crippen molar-refractivity contribution in [1.29, 1.82) is 0 Å². The average Bonchev–Trinajstić information content (AvgIpc) is 2.94. The molecule has 5 heteroatoms. The predicted octanol–water partition coefficient (Wildman–Crippen LogP) is 3.77. The highest BCUT2D eigenvalue weighted by Gasteiger charge is 2.16. The van der Waals surface area contributed by atoms with Crippen LogP contribution in [0, 0.1) is 0 Å². The van der Waals surface area contributed by atoms with E-state index in [9.17, 15) is 0 Å². The van der Waals surface area contributed by atoms with Crippen molar-refractivity contribution in [3.63, 3.8) is 0 Å². The molecule has 1 unspecified atom stereocenters. The lowest BCUT2D eigenvalue weighted by Gasteiger charge is -2.15. The topological polar surface area (TPSA) is 38.0 Å². The summed E-state index contributed by atoms with van der Waals surface area (Å²) in [6.07, 6.45) is 1.93. The monoisotopic (exact) mass is 286 g/mol. The molecule has 0 radical (unpaired) electrons. The summed E-state index contributed by atoms with van der Waals surface area (Å²) < 4.78 is 0.831. The van der Waals surface area contributed by atoms with Crippen LogP contribution in [-0.2, 0) is 12.8 Å². The van der Waals surface area contributed by atoms with Crippen molar-refractivity contribution in [2.75, 3.05) is 0 Å². The summed E-state index contributed by atoms with van der Waals surface area (Å²) in [6.45, 7) is 2.17. The highest BCUT2D eigenvalue weighted by atomic mass is 35.5. The Morgan fingerprint density at radius 2 is 2.24 bits per heavy atom. The van der Waals surface area contributed by atoms with Gasteiger partial charge in [-0.15, -0.1) is 22.7 Å². The first-order valence-corrected chi connectivity index (χ1v) is 7.58. The van der Waals surface area contributed by atoms with Gasteiger partial charge in [0.1, 0.15) is 0 Å². The van der Waals surface area contributed by atoms with E-state index in [1.165, 1.54) is 15.3 Å². The summed E-state index contributed by atoms with van der Waals surface area (Å²) in [5.74, 6) is 5.67. The van der Waals surface area contributed by atoms with E-state index < -0.39 is 0 Å². The van der Waals surface area contributed by atoms with Crippen molar-refractivity contribution in [2.45, 2.75) is 25.8 Å². The third-order valence-electron chi connectivity index (χ3n) is 2.71. The standard InChI is InChI=1S/C12H15ClN2S2/c1-2-8-5-6-16-12(8)10(15-14)7-9-3-4-11(13)17-9/h3-6,10,15H,2,7,14H2,1H3. The minimum atomic E-state index is 0.180. The summed E-state index contributed by atoms with van der Waals surface area (Å²) in [4.78, 5) is 2.59. The molecule has 0 aliphatic rings. The molecule has 2 nitrogen and oxygen atoms in total. The lowest BCUT2D eigenvalue weighted by Crippen LogP contribution is -2.29. The second-order valence-corrected chi connectivity index (χ2v) is 6.54. The molecule has 0 saturated heterocycles. The fraction of sp³-hybridized carbons (Fsp3) is 0.333. The largest absolute Gasteiger partial charge is 0.271 e. The van der Waals surface area contributed by atoms with Gasteiger partial charge in [-0.2, -0.15) is 0 Å². The van der Waals surface area contributed by atoms with Crippen LogP contribution < -0.4 is 11.3 Å². The van der Waals surface area contributed by atoms with Crippen molar-refractivity contribution >= 4 is 34.3 Å². The lowest BCUT2D eigenvalue weighted by atomic mass is 10.1. The molecule has 0 saturated carbocycles. The van der Waals surface area contributed by atoms with Crippen LogP contribution in [0.25, 0.3) is 0 Å². The molecule has 2 rings (SSSR count).